The van der Waals surface area contributed by atoms with Gasteiger partial charge in [0.25, 0.3) is 10.2 Å². The largest absolute Gasteiger partial charge is 0.497 e. The molecule has 0 radical (unpaired) electrons. The van der Waals surface area contributed by atoms with Crippen LogP contribution >= 0.6 is 0 Å². The predicted molar refractivity (Wildman–Crippen MR) is 73.1 cm³/mol. The third-order valence-electron chi connectivity index (χ3n) is 2.51. The summed E-state index contributed by atoms with van der Waals surface area (Å²) in [4.78, 5) is 0. The number of methoxy groups -OCH3 is 1. The standard InChI is InChI=1S/C12H20N2O4S/c1-10(15)8-13-19(16,17)14(2)9-11-5-4-6-12(7-11)18-3/h4-7,10,13,15H,8-9H2,1-3H3/t10-/m1/s1. The van der Waals surface area contributed by atoms with Crippen molar-refractivity contribution in [1.29, 1.82) is 0 Å². The molecule has 6 nitrogen and oxygen atoms in total. The lowest BCUT2D eigenvalue weighted by molar-refractivity contribution is 0.198. The Morgan fingerprint density at radius 3 is 2.74 bits per heavy atom. The average Bonchev–Trinajstić information content (AvgIpc) is 2.36. The summed E-state index contributed by atoms with van der Waals surface area (Å²) >= 11 is 0. The number of aliphatic hydroxyl groups excluding tert-OH is 1. The van der Waals surface area contributed by atoms with Gasteiger partial charge < -0.3 is 9.84 Å². The van der Waals surface area contributed by atoms with Gasteiger partial charge >= 0.3 is 0 Å². The Hall–Kier alpha value is -1.15. The lowest BCUT2D eigenvalue weighted by Crippen LogP contribution is -2.40. The van der Waals surface area contributed by atoms with E-state index in [-0.39, 0.29) is 13.1 Å². The van der Waals surface area contributed by atoms with Crippen LogP contribution in [-0.4, -0.2) is 44.6 Å². The van der Waals surface area contributed by atoms with Crippen LogP contribution in [0, 0.1) is 0 Å². The van der Waals surface area contributed by atoms with Crippen molar-refractivity contribution in [3.05, 3.63) is 29.8 Å². The molecule has 1 aromatic rings. The molecule has 0 aliphatic rings. The molecular formula is C12H20N2O4S. The first-order valence-corrected chi connectivity index (χ1v) is 7.31. The number of nitrogens with zero attached hydrogens (tertiary/aromatic N) is 1. The molecule has 0 aliphatic carbocycles. The van der Waals surface area contributed by atoms with Crippen molar-refractivity contribution in [2.24, 2.45) is 0 Å². The van der Waals surface area contributed by atoms with Crippen LogP contribution in [0.5, 0.6) is 5.75 Å². The first-order valence-electron chi connectivity index (χ1n) is 5.87. The molecule has 108 valence electrons. The van der Waals surface area contributed by atoms with Gasteiger partial charge in [-0.25, -0.2) is 0 Å². The van der Waals surface area contributed by atoms with E-state index in [9.17, 15) is 8.42 Å². The smallest absolute Gasteiger partial charge is 0.279 e. The Morgan fingerprint density at radius 1 is 1.47 bits per heavy atom. The minimum atomic E-state index is -3.59. The number of aliphatic hydroxyl groups is 1. The zero-order valence-electron chi connectivity index (χ0n) is 11.3. The van der Waals surface area contributed by atoms with E-state index in [0.29, 0.717) is 5.75 Å². The predicted octanol–water partition coefficient (Wildman–Crippen LogP) is 0.342. The maximum atomic E-state index is 11.9. The zero-order valence-corrected chi connectivity index (χ0v) is 12.1. The Bertz CT molecular complexity index is 502. The van der Waals surface area contributed by atoms with Crippen LogP contribution < -0.4 is 9.46 Å². The van der Waals surface area contributed by atoms with E-state index in [4.69, 9.17) is 9.84 Å². The van der Waals surface area contributed by atoms with E-state index in [1.165, 1.54) is 18.3 Å². The van der Waals surface area contributed by atoms with Crippen LogP contribution in [0.3, 0.4) is 0 Å². The molecule has 0 aromatic heterocycles. The summed E-state index contributed by atoms with van der Waals surface area (Å²) in [6.45, 7) is 1.74. The first-order chi connectivity index (χ1) is 8.85. The SMILES string of the molecule is COc1cccc(CN(C)S(=O)(=O)NC[C@@H](C)O)c1. The Morgan fingerprint density at radius 2 is 2.16 bits per heavy atom. The van der Waals surface area contributed by atoms with Crippen molar-refractivity contribution >= 4 is 10.2 Å². The normalized spacial score (nSPS) is 13.5. The van der Waals surface area contributed by atoms with Gasteiger partial charge in [0.2, 0.25) is 0 Å². The summed E-state index contributed by atoms with van der Waals surface area (Å²) in [6, 6.07) is 7.20. The molecule has 0 bridgehead atoms. The van der Waals surface area contributed by atoms with E-state index in [2.05, 4.69) is 4.72 Å². The van der Waals surface area contributed by atoms with Gasteiger partial charge in [-0.2, -0.15) is 17.4 Å². The van der Waals surface area contributed by atoms with Gasteiger partial charge in [0, 0.05) is 20.1 Å². The van der Waals surface area contributed by atoms with Crippen LogP contribution in [-0.2, 0) is 16.8 Å². The molecule has 0 saturated carbocycles. The highest BCUT2D eigenvalue weighted by Crippen LogP contribution is 2.14. The van der Waals surface area contributed by atoms with Crippen molar-refractivity contribution < 1.29 is 18.3 Å². The molecule has 0 heterocycles. The maximum absolute atomic E-state index is 11.9. The van der Waals surface area contributed by atoms with Crippen molar-refractivity contribution in [2.75, 3.05) is 20.7 Å². The third-order valence-corrected chi connectivity index (χ3v) is 3.99. The van der Waals surface area contributed by atoms with Crippen LogP contribution in [0.2, 0.25) is 0 Å². The summed E-state index contributed by atoms with van der Waals surface area (Å²) in [5.41, 5.74) is 0.823. The molecule has 7 heteroatoms. The Kier molecular flexibility index (Phi) is 5.74. The van der Waals surface area contributed by atoms with Gasteiger partial charge in [-0.15, -0.1) is 0 Å². The molecule has 0 amide bonds. The molecule has 0 unspecified atom stereocenters. The fraction of sp³-hybridized carbons (Fsp3) is 0.500. The average molecular weight is 288 g/mol. The van der Waals surface area contributed by atoms with Gasteiger partial charge in [0.1, 0.15) is 5.75 Å². The van der Waals surface area contributed by atoms with Gasteiger partial charge in [0.05, 0.1) is 13.2 Å². The molecule has 19 heavy (non-hydrogen) atoms. The highest BCUT2D eigenvalue weighted by molar-refractivity contribution is 7.87. The Balaban J connectivity index is 2.69. The summed E-state index contributed by atoms with van der Waals surface area (Å²) < 4.78 is 32.3. The summed E-state index contributed by atoms with van der Waals surface area (Å²) in [6.07, 6.45) is -0.722. The molecular weight excluding hydrogens is 268 g/mol. The quantitative estimate of drug-likeness (QED) is 0.758. The number of hydrogen-bond donors (Lipinski definition) is 2. The van der Waals surface area contributed by atoms with E-state index in [1.54, 1.807) is 25.3 Å². The summed E-state index contributed by atoms with van der Waals surface area (Å²) in [7, 11) is -0.555. The fourth-order valence-electron chi connectivity index (χ4n) is 1.45. The van der Waals surface area contributed by atoms with Crippen molar-refractivity contribution in [1.82, 2.24) is 9.03 Å². The maximum Gasteiger partial charge on any atom is 0.279 e. The van der Waals surface area contributed by atoms with Crippen molar-refractivity contribution in [3.63, 3.8) is 0 Å². The van der Waals surface area contributed by atoms with E-state index in [1.807, 2.05) is 6.07 Å². The highest BCUT2D eigenvalue weighted by atomic mass is 32.2. The third kappa shape index (κ3) is 5.15. The number of ether oxygens (including phenoxy) is 1. The number of hydrogen-bond acceptors (Lipinski definition) is 4. The topological polar surface area (TPSA) is 78.9 Å². The number of nitrogens with one attached hydrogen (secondary N) is 1. The summed E-state index contributed by atoms with van der Waals surface area (Å²) in [5, 5.41) is 9.09. The molecule has 0 fully saturated rings. The minimum Gasteiger partial charge on any atom is -0.497 e. The van der Waals surface area contributed by atoms with E-state index < -0.39 is 16.3 Å². The zero-order chi connectivity index (χ0) is 14.5. The molecule has 0 spiro atoms. The van der Waals surface area contributed by atoms with Crippen molar-refractivity contribution in [3.8, 4) is 5.75 Å². The molecule has 0 aliphatic heterocycles. The summed E-state index contributed by atoms with van der Waals surface area (Å²) in [5.74, 6) is 0.681. The van der Waals surface area contributed by atoms with Gasteiger partial charge in [-0.05, 0) is 24.6 Å². The van der Waals surface area contributed by atoms with E-state index >= 15 is 0 Å². The lowest BCUT2D eigenvalue weighted by atomic mass is 10.2. The second-order valence-corrected chi connectivity index (χ2v) is 6.17. The Labute approximate surface area is 114 Å². The molecule has 2 N–H and O–H groups in total. The second-order valence-electron chi connectivity index (χ2n) is 4.31. The van der Waals surface area contributed by atoms with Gasteiger partial charge in [-0.1, -0.05) is 12.1 Å². The van der Waals surface area contributed by atoms with Crippen molar-refractivity contribution in [2.45, 2.75) is 19.6 Å². The molecule has 1 rings (SSSR count). The van der Waals surface area contributed by atoms with Gasteiger partial charge in [-0.3, -0.25) is 0 Å². The minimum absolute atomic E-state index is 0.00914. The van der Waals surface area contributed by atoms with Crippen LogP contribution in [0.1, 0.15) is 12.5 Å². The number of benzene rings is 1. The van der Waals surface area contributed by atoms with E-state index in [0.717, 1.165) is 5.56 Å². The molecule has 1 aromatic carbocycles. The van der Waals surface area contributed by atoms with Crippen LogP contribution in [0.4, 0.5) is 0 Å². The number of rotatable bonds is 7. The molecule has 0 saturated heterocycles. The van der Waals surface area contributed by atoms with Crippen LogP contribution in [0.25, 0.3) is 0 Å². The molecule has 1 atom stereocenters. The second kappa shape index (κ2) is 6.85. The lowest BCUT2D eigenvalue weighted by Gasteiger charge is -2.18. The first kappa shape index (κ1) is 15.9. The highest BCUT2D eigenvalue weighted by Gasteiger charge is 2.18. The fourth-order valence-corrected chi connectivity index (χ4v) is 2.44. The van der Waals surface area contributed by atoms with Crippen LogP contribution in [0.15, 0.2) is 24.3 Å². The van der Waals surface area contributed by atoms with Gasteiger partial charge in [0.15, 0.2) is 0 Å². The monoisotopic (exact) mass is 288 g/mol.